The smallest absolute Gasteiger partial charge is 0.322 e. The van der Waals surface area contributed by atoms with Gasteiger partial charge < -0.3 is 10.6 Å². The van der Waals surface area contributed by atoms with Gasteiger partial charge >= 0.3 is 5.69 Å². The van der Waals surface area contributed by atoms with Crippen molar-refractivity contribution in [1.82, 2.24) is 9.13 Å². The fourth-order valence-corrected chi connectivity index (χ4v) is 4.55. The van der Waals surface area contributed by atoms with E-state index in [0.717, 1.165) is 25.8 Å². The van der Waals surface area contributed by atoms with Crippen LogP contribution in [0.25, 0.3) is 0 Å². The van der Waals surface area contributed by atoms with Gasteiger partial charge in [-0.3, -0.25) is 23.5 Å². The van der Waals surface area contributed by atoms with E-state index >= 15 is 0 Å². The summed E-state index contributed by atoms with van der Waals surface area (Å²) in [4.78, 5) is 50.8. The SMILES string of the molecule is CCc1cc(C#CCn2c(Cl)c(NC(=O)CCc3ccc(C)cc3)c(=O)n(C)c2=O)ccc1NC(=O)c1ccccc1. The summed E-state index contributed by atoms with van der Waals surface area (Å²) in [5.74, 6) is 5.35. The summed E-state index contributed by atoms with van der Waals surface area (Å²) in [7, 11) is 1.32. The van der Waals surface area contributed by atoms with Crippen molar-refractivity contribution in [3.8, 4) is 11.8 Å². The Labute approximate surface area is 249 Å². The number of aromatic nitrogens is 2. The highest BCUT2D eigenvalue weighted by Crippen LogP contribution is 2.20. The third kappa shape index (κ3) is 7.25. The van der Waals surface area contributed by atoms with Gasteiger partial charge in [0.2, 0.25) is 5.91 Å². The van der Waals surface area contributed by atoms with Gasteiger partial charge in [-0.15, -0.1) is 0 Å². The van der Waals surface area contributed by atoms with Crippen molar-refractivity contribution in [1.29, 1.82) is 0 Å². The van der Waals surface area contributed by atoms with Gasteiger partial charge in [-0.1, -0.05) is 78.4 Å². The van der Waals surface area contributed by atoms with E-state index < -0.39 is 17.2 Å². The van der Waals surface area contributed by atoms with Crippen LogP contribution in [0.1, 0.15) is 46.0 Å². The molecule has 1 heterocycles. The molecule has 0 saturated heterocycles. The van der Waals surface area contributed by atoms with E-state index in [2.05, 4.69) is 22.5 Å². The zero-order valence-corrected chi connectivity index (χ0v) is 24.4. The maximum absolute atomic E-state index is 12.8. The number of benzene rings is 3. The van der Waals surface area contributed by atoms with Crippen LogP contribution in [0.3, 0.4) is 0 Å². The first-order valence-electron chi connectivity index (χ1n) is 13.5. The van der Waals surface area contributed by atoms with Crippen LogP contribution in [-0.4, -0.2) is 20.9 Å². The number of nitrogens with zero attached hydrogens (tertiary/aromatic N) is 2. The Morgan fingerprint density at radius 2 is 1.67 bits per heavy atom. The lowest BCUT2D eigenvalue weighted by atomic mass is 10.1. The summed E-state index contributed by atoms with van der Waals surface area (Å²) in [5, 5.41) is 5.33. The fourth-order valence-electron chi connectivity index (χ4n) is 4.29. The van der Waals surface area contributed by atoms with E-state index in [4.69, 9.17) is 11.6 Å². The Hall–Kier alpha value is -4.87. The summed E-state index contributed by atoms with van der Waals surface area (Å²) in [6.45, 7) is 3.86. The third-order valence-electron chi connectivity index (χ3n) is 6.75. The van der Waals surface area contributed by atoms with Crippen LogP contribution in [-0.2, 0) is 31.2 Å². The molecule has 42 heavy (non-hydrogen) atoms. The number of rotatable bonds is 8. The van der Waals surface area contributed by atoms with Crippen LogP contribution in [0.2, 0.25) is 5.15 Å². The van der Waals surface area contributed by atoms with Gasteiger partial charge in [-0.2, -0.15) is 0 Å². The second-order valence-corrected chi connectivity index (χ2v) is 10.1. The third-order valence-corrected chi connectivity index (χ3v) is 7.14. The Bertz CT molecular complexity index is 1800. The minimum absolute atomic E-state index is 0.105. The molecule has 0 unspecified atom stereocenters. The van der Waals surface area contributed by atoms with Crippen molar-refractivity contribution in [3.63, 3.8) is 0 Å². The van der Waals surface area contributed by atoms with Crippen molar-refractivity contribution in [2.75, 3.05) is 10.6 Å². The summed E-state index contributed by atoms with van der Waals surface area (Å²) in [6.07, 6.45) is 1.30. The second-order valence-electron chi connectivity index (χ2n) is 9.78. The molecule has 0 bridgehead atoms. The van der Waals surface area contributed by atoms with E-state index in [1.54, 1.807) is 36.4 Å². The van der Waals surface area contributed by atoms with Crippen molar-refractivity contribution < 1.29 is 9.59 Å². The lowest BCUT2D eigenvalue weighted by Crippen LogP contribution is -2.40. The zero-order chi connectivity index (χ0) is 30.2. The number of amides is 2. The highest BCUT2D eigenvalue weighted by atomic mass is 35.5. The highest BCUT2D eigenvalue weighted by Gasteiger charge is 2.18. The molecule has 0 aliphatic rings. The molecule has 4 rings (SSSR count). The van der Waals surface area contributed by atoms with Gasteiger partial charge in [0, 0.05) is 30.3 Å². The summed E-state index contributed by atoms with van der Waals surface area (Å²) >= 11 is 6.45. The minimum Gasteiger partial charge on any atom is -0.322 e. The second kappa shape index (κ2) is 13.7. The van der Waals surface area contributed by atoms with Gasteiger partial charge in [0.25, 0.3) is 11.5 Å². The van der Waals surface area contributed by atoms with E-state index in [1.165, 1.54) is 7.05 Å². The molecule has 0 aliphatic heterocycles. The molecule has 0 spiro atoms. The monoisotopic (exact) mass is 582 g/mol. The Kier molecular flexibility index (Phi) is 9.79. The molecule has 0 atom stereocenters. The molecular weight excluding hydrogens is 552 g/mol. The topological polar surface area (TPSA) is 102 Å². The Morgan fingerprint density at radius 3 is 2.36 bits per heavy atom. The molecule has 2 N–H and O–H groups in total. The predicted octanol–water partition coefficient (Wildman–Crippen LogP) is 4.95. The molecular formula is C33H31ClN4O4. The first kappa shape index (κ1) is 30.1. The van der Waals surface area contributed by atoms with Gasteiger partial charge in [0.05, 0.1) is 6.54 Å². The van der Waals surface area contributed by atoms with E-state index in [1.807, 2.05) is 50.2 Å². The van der Waals surface area contributed by atoms with Crippen LogP contribution in [0.5, 0.6) is 0 Å². The van der Waals surface area contributed by atoms with Crippen LogP contribution >= 0.6 is 11.6 Å². The van der Waals surface area contributed by atoms with Gasteiger partial charge in [-0.25, -0.2) is 4.79 Å². The number of nitrogens with one attached hydrogen (secondary N) is 2. The first-order valence-corrected chi connectivity index (χ1v) is 13.9. The molecule has 8 nitrogen and oxygen atoms in total. The fraction of sp³-hybridized carbons (Fsp3) is 0.212. The summed E-state index contributed by atoms with van der Waals surface area (Å²) in [5.41, 5.74) is 3.45. The van der Waals surface area contributed by atoms with Crippen molar-refractivity contribution in [3.05, 3.63) is 127 Å². The predicted molar refractivity (Wildman–Crippen MR) is 166 cm³/mol. The number of carbonyl (C=O) groups is 2. The molecule has 0 radical (unpaired) electrons. The van der Waals surface area contributed by atoms with E-state index in [0.29, 0.717) is 29.7 Å². The zero-order valence-electron chi connectivity index (χ0n) is 23.7. The molecule has 0 fully saturated rings. The van der Waals surface area contributed by atoms with Crippen molar-refractivity contribution in [2.45, 2.75) is 39.7 Å². The van der Waals surface area contributed by atoms with Crippen molar-refractivity contribution in [2.24, 2.45) is 7.05 Å². The van der Waals surface area contributed by atoms with Crippen LogP contribution in [0, 0.1) is 18.8 Å². The average Bonchev–Trinajstić information content (AvgIpc) is 3.00. The molecule has 214 valence electrons. The maximum atomic E-state index is 12.8. The molecule has 0 saturated carbocycles. The molecule has 4 aromatic rings. The van der Waals surface area contributed by atoms with Crippen molar-refractivity contribution >= 4 is 34.8 Å². The largest absolute Gasteiger partial charge is 0.332 e. The number of hydrogen-bond donors (Lipinski definition) is 2. The lowest BCUT2D eigenvalue weighted by Gasteiger charge is -2.13. The number of carbonyl (C=O) groups excluding carboxylic acids is 2. The van der Waals surface area contributed by atoms with Gasteiger partial charge in [-0.05, 0) is 61.2 Å². The summed E-state index contributed by atoms with van der Waals surface area (Å²) < 4.78 is 2.03. The Morgan fingerprint density at radius 1 is 0.952 bits per heavy atom. The van der Waals surface area contributed by atoms with E-state index in [-0.39, 0.29) is 29.7 Å². The Balaban J connectivity index is 1.49. The van der Waals surface area contributed by atoms with Crippen LogP contribution in [0.4, 0.5) is 11.4 Å². The number of aryl methyl sites for hydroxylation is 3. The quantitative estimate of drug-likeness (QED) is 0.227. The standard InChI is InChI=1S/C33H31ClN4O4/c1-4-25-21-24(16-18-27(25)35-31(40)26-10-6-5-7-11-26)9-8-20-38-30(34)29(32(41)37(3)33(38)42)36-28(39)19-17-23-14-12-22(2)13-15-23/h5-7,10-16,18,21H,4,17,19-20H2,1-3H3,(H,35,40)(H,36,39). The molecule has 3 aromatic carbocycles. The van der Waals surface area contributed by atoms with Gasteiger partial charge in [0.1, 0.15) is 10.8 Å². The van der Waals surface area contributed by atoms with E-state index in [9.17, 15) is 19.2 Å². The maximum Gasteiger partial charge on any atom is 0.332 e. The summed E-state index contributed by atoms with van der Waals surface area (Å²) in [6, 6.07) is 22.2. The number of halogens is 1. The lowest BCUT2D eigenvalue weighted by molar-refractivity contribution is -0.116. The molecule has 9 heteroatoms. The average molecular weight is 583 g/mol. The van der Waals surface area contributed by atoms with Crippen LogP contribution < -0.4 is 21.9 Å². The number of anilines is 2. The first-order chi connectivity index (χ1) is 20.2. The van der Waals surface area contributed by atoms with Gasteiger partial charge in [0.15, 0.2) is 0 Å². The molecule has 1 aromatic heterocycles. The van der Waals surface area contributed by atoms with Crippen LogP contribution in [0.15, 0.2) is 82.4 Å². The highest BCUT2D eigenvalue weighted by molar-refractivity contribution is 6.32. The molecule has 2 amide bonds. The minimum atomic E-state index is -0.696. The molecule has 0 aliphatic carbocycles. The normalized spacial score (nSPS) is 10.5. The number of hydrogen-bond acceptors (Lipinski definition) is 4.